The average Bonchev–Trinajstić information content (AvgIpc) is 2.63. The quantitative estimate of drug-likeness (QED) is 0.743. The number of nitrogens with one attached hydrogen (secondary N) is 1. The van der Waals surface area contributed by atoms with Gasteiger partial charge in [-0.15, -0.1) is 0 Å². The Kier molecular flexibility index (Phi) is 6.09. The summed E-state index contributed by atoms with van der Waals surface area (Å²) >= 11 is 3.46. The van der Waals surface area contributed by atoms with Crippen LogP contribution >= 0.6 is 15.9 Å². The van der Waals surface area contributed by atoms with Gasteiger partial charge in [0.15, 0.2) is 0 Å². The number of unbranched alkanes of at least 4 members (excludes halogenated alkanes) is 1. The maximum Gasteiger partial charge on any atom is 0.244 e. The number of carbonyl (C=O) groups excluding carboxylic acids is 2. The Bertz CT molecular complexity index is 802. The van der Waals surface area contributed by atoms with Crippen molar-refractivity contribution in [3.05, 3.63) is 58.1 Å². The number of aryl methyl sites for hydroxylation is 2. The second kappa shape index (κ2) is 8.49. The summed E-state index contributed by atoms with van der Waals surface area (Å²) in [6, 6.07) is 13.7. The zero-order valence-corrected chi connectivity index (χ0v) is 16.5. The zero-order chi connectivity index (χ0) is 18.5. The molecule has 5 heteroatoms. The van der Waals surface area contributed by atoms with E-state index in [1.165, 1.54) is 12.0 Å². The van der Waals surface area contributed by atoms with E-state index in [0.717, 1.165) is 34.3 Å². The van der Waals surface area contributed by atoms with E-state index in [9.17, 15) is 9.59 Å². The van der Waals surface area contributed by atoms with Crippen molar-refractivity contribution in [3.8, 4) is 0 Å². The maximum absolute atomic E-state index is 12.4. The Morgan fingerprint density at radius 2 is 1.92 bits per heavy atom. The smallest absolute Gasteiger partial charge is 0.244 e. The first-order valence-corrected chi connectivity index (χ1v) is 9.83. The molecule has 1 aliphatic heterocycles. The van der Waals surface area contributed by atoms with Crippen LogP contribution in [-0.2, 0) is 22.4 Å². The Morgan fingerprint density at radius 1 is 1.15 bits per heavy atom. The Balaban J connectivity index is 1.65. The molecule has 0 radical (unpaired) electrons. The van der Waals surface area contributed by atoms with Gasteiger partial charge in [-0.1, -0.05) is 41.4 Å². The summed E-state index contributed by atoms with van der Waals surface area (Å²) in [5, 5.41) is 2.89. The predicted octanol–water partition coefficient (Wildman–Crippen LogP) is 4.71. The number of halogens is 1. The van der Waals surface area contributed by atoms with Crippen molar-refractivity contribution in [1.82, 2.24) is 0 Å². The molecule has 0 bridgehead atoms. The highest BCUT2D eigenvalue weighted by molar-refractivity contribution is 9.10. The predicted molar refractivity (Wildman–Crippen MR) is 108 cm³/mol. The van der Waals surface area contributed by atoms with Gasteiger partial charge in [-0.25, -0.2) is 0 Å². The van der Waals surface area contributed by atoms with Crippen molar-refractivity contribution in [3.63, 3.8) is 0 Å². The summed E-state index contributed by atoms with van der Waals surface area (Å²) in [5.74, 6) is -0.194. The third-order valence-electron chi connectivity index (χ3n) is 4.60. The molecule has 2 aromatic carbocycles. The Labute approximate surface area is 162 Å². The number of benzene rings is 2. The fourth-order valence-electron chi connectivity index (χ4n) is 3.18. The third kappa shape index (κ3) is 4.52. The zero-order valence-electron chi connectivity index (χ0n) is 14.9. The molecule has 0 spiro atoms. The van der Waals surface area contributed by atoms with Crippen LogP contribution in [0.15, 0.2) is 46.9 Å². The van der Waals surface area contributed by atoms with E-state index in [0.29, 0.717) is 12.8 Å². The van der Waals surface area contributed by atoms with Gasteiger partial charge >= 0.3 is 0 Å². The number of rotatable bonds is 6. The van der Waals surface area contributed by atoms with E-state index in [-0.39, 0.29) is 18.4 Å². The molecule has 0 unspecified atom stereocenters. The summed E-state index contributed by atoms with van der Waals surface area (Å²) in [7, 11) is 0. The van der Waals surface area contributed by atoms with Gasteiger partial charge < -0.3 is 10.2 Å². The van der Waals surface area contributed by atoms with Gasteiger partial charge in [-0.3, -0.25) is 9.59 Å². The number of hydrogen-bond acceptors (Lipinski definition) is 2. The van der Waals surface area contributed by atoms with Crippen LogP contribution in [0.2, 0.25) is 0 Å². The van der Waals surface area contributed by atoms with E-state index in [2.05, 4.69) is 28.2 Å². The van der Waals surface area contributed by atoms with Gasteiger partial charge in [0.1, 0.15) is 6.54 Å². The summed E-state index contributed by atoms with van der Waals surface area (Å²) in [5.41, 5.74) is 3.95. The van der Waals surface area contributed by atoms with E-state index < -0.39 is 0 Å². The number of amides is 2. The van der Waals surface area contributed by atoms with Gasteiger partial charge in [-0.2, -0.15) is 0 Å². The summed E-state index contributed by atoms with van der Waals surface area (Å²) < 4.78 is 0.984. The summed E-state index contributed by atoms with van der Waals surface area (Å²) in [4.78, 5) is 26.3. The van der Waals surface area contributed by atoms with Crippen LogP contribution in [0.25, 0.3) is 0 Å². The topological polar surface area (TPSA) is 49.4 Å². The van der Waals surface area contributed by atoms with Crippen molar-refractivity contribution < 1.29 is 9.59 Å². The lowest BCUT2D eigenvalue weighted by molar-refractivity contribution is -0.121. The fourth-order valence-corrected chi connectivity index (χ4v) is 3.59. The van der Waals surface area contributed by atoms with Crippen LogP contribution in [0, 0.1) is 0 Å². The molecule has 0 saturated carbocycles. The lowest BCUT2D eigenvalue weighted by Crippen LogP contribution is -2.40. The van der Waals surface area contributed by atoms with Crippen LogP contribution in [-0.4, -0.2) is 18.4 Å². The minimum Gasteiger partial charge on any atom is -0.325 e. The number of fused-ring (bicyclic) bond motifs is 1. The van der Waals surface area contributed by atoms with E-state index >= 15 is 0 Å². The molecule has 0 aromatic heterocycles. The van der Waals surface area contributed by atoms with Crippen LogP contribution in [0.5, 0.6) is 0 Å². The summed E-state index contributed by atoms with van der Waals surface area (Å²) in [6.07, 6.45) is 4.53. The molecular weight excluding hydrogens is 392 g/mol. The first kappa shape index (κ1) is 18.6. The van der Waals surface area contributed by atoms with Gasteiger partial charge in [0.05, 0.1) is 0 Å². The molecule has 1 heterocycles. The molecular formula is C21H23BrN2O2. The lowest BCUT2D eigenvalue weighted by Gasteiger charge is -2.29. The maximum atomic E-state index is 12.4. The molecule has 0 atom stereocenters. The van der Waals surface area contributed by atoms with E-state index in [1.807, 2.05) is 42.5 Å². The van der Waals surface area contributed by atoms with Gasteiger partial charge in [0.2, 0.25) is 11.8 Å². The molecule has 0 fully saturated rings. The van der Waals surface area contributed by atoms with Crippen LogP contribution in [0.1, 0.15) is 37.3 Å². The molecule has 3 rings (SSSR count). The number of hydrogen-bond donors (Lipinski definition) is 1. The highest BCUT2D eigenvalue weighted by atomic mass is 79.9. The first-order valence-electron chi connectivity index (χ1n) is 9.04. The minimum atomic E-state index is -0.185. The number of anilines is 2. The molecule has 0 aliphatic carbocycles. The first-order chi connectivity index (χ1) is 12.6. The third-order valence-corrected chi connectivity index (χ3v) is 5.09. The molecule has 26 heavy (non-hydrogen) atoms. The molecule has 4 nitrogen and oxygen atoms in total. The van der Waals surface area contributed by atoms with E-state index in [4.69, 9.17) is 0 Å². The number of nitrogens with zero attached hydrogens (tertiary/aromatic N) is 1. The van der Waals surface area contributed by atoms with Crippen molar-refractivity contribution in [1.29, 1.82) is 0 Å². The highest BCUT2D eigenvalue weighted by Gasteiger charge is 2.26. The minimum absolute atomic E-state index is 0.00936. The second-order valence-corrected chi connectivity index (χ2v) is 7.52. The second-order valence-electron chi connectivity index (χ2n) is 6.60. The Hall–Kier alpha value is -2.14. The molecule has 2 amide bonds. The molecule has 0 saturated heterocycles. The van der Waals surface area contributed by atoms with Gasteiger partial charge in [0, 0.05) is 22.3 Å². The largest absolute Gasteiger partial charge is 0.325 e. The molecule has 136 valence electrons. The van der Waals surface area contributed by atoms with Crippen LogP contribution in [0.3, 0.4) is 0 Å². The van der Waals surface area contributed by atoms with E-state index in [1.54, 1.807) is 4.90 Å². The standard InChI is InChI=1S/C21H23BrN2O2/c1-2-3-4-15-5-9-18(10-6-15)23-20(25)14-24-19-11-8-17(22)13-16(19)7-12-21(24)26/h5-6,8-11,13H,2-4,7,12,14H2,1H3,(H,23,25). The van der Waals surface area contributed by atoms with Gasteiger partial charge in [0.25, 0.3) is 0 Å². The molecule has 2 aromatic rings. The SMILES string of the molecule is CCCCc1ccc(NC(=O)CN2C(=O)CCc3cc(Br)ccc32)cc1. The highest BCUT2D eigenvalue weighted by Crippen LogP contribution is 2.30. The fraction of sp³-hybridized carbons (Fsp3) is 0.333. The monoisotopic (exact) mass is 414 g/mol. The van der Waals surface area contributed by atoms with Gasteiger partial charge in [-0.05, 0) is 60.7 Å². The number of carbonyl (C=O) groups is 2. The van der Waals surface area contributed by atoms with Crippen molar-refractivity contribution in [2.75, 3.05) is 16.8 Å². The summed E-state index contributed by atoms with van der Waals surface area (Å²) in [6.45, 7) is 2.21. The van der Waals surface area contributed by atoms with Crippen LogP contribution in [0.4, 0.5) is 11.4 Å². The lowest BCUT2D eigenvalue weighted by atomic mass is 10.0. The van der Waals surface area contributed by atoms with Crippen LogP contribution < -0.4 is 10.2 Å². The normalized spacial score (nSPS) is 13.5. The molecule has 1 aliphatic rings. The average molecular weight is 415 g/mol. The van der Waals surface area contributed by atoms with Crippen molar-refractivity contribution in [2.45, 2.75) is 39.0 Å². The molecule has 1 N–H and O–H groups in total. The van der Waals surface area contributed by atoms with Crippen molar-refractivity contribution in [2.24, 2.45) is 0 Å². The van der Waals surface area contributed by atoms with Crippen molar-refractivity contribution >= 4 is 39.1 Å². The Morgan fingerprint density at radius 3 is 2.65 bits per heavy atom.